The van der Waals surface area contributed by atoms with Gasteiger partial charge in [0.2, 0.25) is 5.78 Å². The SMILES string of the molecule is COc1cc(C2C(C(=O)c3cc4cccc(OC)c4o3)=C(O)C(=O)N2CCN2CCOCC2)ccc1O. The number of morpholine rings is 1. The van der Waals surface area contributed by atoms with Gasteiger partial charge in [-0.3, -0.25) is 14.5 Å². The second-order valence-corrected chi connectivity index (χ2v) is 8.87. The van der Waals surface area contributed by atoms with E-state index in [2.05, 4.69) is 4.90 Å². The molecule has 3 aromatic rings. The number of furan rings is 1. The molecule has 0 bridgehead atoms. The number of methoxy groups -OCH3 is 2. The van der Waals surface area contributed by atoms with Gasteiger partial charge in [-0.25, -0.2) is 0 Å². The summed E-state index contributed by atoms with van der Waals surface area (Å²) >= 11 is 0. The van der Waals surface area contributed by atoms with Crippen LogP contribution in [0.25, 0.3) is 11.0 Å². The van der Waals surface area contributed by atoms with Crippen LogP contribution in [0.1, 0.15) is 22.2 Å². The highest BCUT2D eigenvalue weighted by atomic mass is 16.5. The molecule has 0 spiro atoms. The van der Waals surface area contributed by atoms with Gasteiger partial charge < -0.3 is 33.7 Å². The molecule has 2 aliphatic heterocycles. The molecule has 3 heterocycles. The van der Waals surface area contributed by atoms with Crippen LogP contribution in [0.15, 0.2) is 58.2 Å². The maximum absolute atomic E-state index is 13.8. The lowest BCUT2D eigenvalue weighted by Crippen LogP contribution is -2.43. The Kier molecular flexibility index (Phi) is 6.77. The highest BCUT2D eigenvalue weighted by molar-refractivity contribution is 6.16. The van der Waals surface area contributed by atoms with Crippen LogP contribution in [0.5, 0.6) is 17.2 Å². The third-order valence-electron chi connectivity index (χ3n) is 6.78. The van der Waals surface area contributed by atoms with Gasteiger partial charge in [0.15, 0.2) is 34.4 Å². The first-order chi connectivity index (χ1) is 17.9. The fourth-order valence-corrected chi connectivity index (χ4v) is 4.84. The molecule has 0 saturated carbocycles. The Balaban J connectivity index is 1.54. The van der Waals surface area contributed by atoms with Crippen molar-refractivity contribution >= 4 is 22.7 Å². The number of carbonyl (C=O) groups excluding carboxylic acids is 2. The van der Waals surface area contributed by atoms with Gasteiger partial charge in [-0.15, -0.1) is 0 Å². The molecule has 10 nitrogen and oxygen atoms in total. The minimum absolute atomic E-state index is 0.0281. The maximum atomic E-state index is 13.8. The molecule has 1 fully saturated rings. The lowest BCUT2D eigenvalue weighted by atomic mass is 9.94. The number of carbonyl (C=O) groups is 2. The number of aliphatic hydroxyl groups excluding tert-OH is 1. The number of amides is 1. The number of benzene rings is 2. The Hall–Kier alpha value is -4.02. The molecule has 1 unspecified atom stereocenters. The summed E-state index contributed by atoms with van der Waals surface area (Å²) in [6.07, 6.45) is 0. The van der Waals surface area contributed by atoms with Crippen molar-refractivity contribution in [2.45, 2.75) is 6.04 Å². The highest BCUT2D eigenvalue weighted by Crippen LogP contribution is 2.42. The molecule has 194 valence electrons. The zero-order chi connectivity index (χ0) is 26.1. The maximum Gasteiger partial charge on any atom is 0.290 e. The van der Waals surface area contributed by atoms with E-state index < -0.39 is 23.5 Å². The fraction of sp³-hybridized carbons (Fsp3) is 0.333. The predicted molar refractivity (Wildman–Crippen MR) is 133 cm³/mol. The first kappa shape index (κ1) is 24.7. The smallest absolute Gasteiger partial charge is 0.290 e. The van der Waals surface area contributed by atoms with Crippen molar-refractivity contribution in [3.05, 3.63) is 65.1 Å². The highest BCUT2D eigenvalue weighted by Gasteiger charge is 2.44. The summed E-state index contributed by atoms with van der Waals surface area (Å²) in [7, 11) is 2.92. The molecule has 37 heavy (non-hydrogen) atoms. The average Bonchev–Trinajstić information content (AvgIpc) is 3.47. The molecule has 5 rings (SSSR count). The topological polar surface area (TPSA) is 122 Å². The largest absolute Gasteiger partial charge is 0.504 e. The standard InChI is InChI=1S/C27H28N2O8/c1-34-19-5-3-4-17-15-21(37-26(17)19)24(31)22-23(16-6-7-18(30)20(14-16)35-2)29(27(33)25(22)32)9-8-28-10-12-36-13-11-28/h3-7,14-15,23,30,32H,8-13H2,1-2H3. The number of phenols is 1. The van der Waals surface area contributed by atoms with Crippen LogP contribution in [0.3, 0.4) is 0 Å². The molecule has 1 saturated heterocycles. The quantitative estimate of drug-likeness (QED) is 0.442. The summed E-state index contributed by atoms with van der Waals surface area (Å²) in [5.41, 5.74) is 0.800. The van der Waals surface area contributed by atoms with E-state index >= 15 is 0 Å². The summed E-state index contributed by atoms with van der Waals surface area (Å²) in [4.78, 5) is 30.7. The zero-order valence-electron chi connectivity index (χ0n) is 20.6. The summed E-state index contributed by atoms with van der Waals surface area (Å²) in [6, 6.07) is 10.5. The summed E-state index contributed by atoms with van der Waals surface area (Å²) in [6.45, 7) is 3.47. The van der Waals surface area contributed by atoms with E-state index in [0.717, 1.165) is 13.1 Å². The lowest BCUT2D eigenvalue weighted by Gasteiger charge is -2.31. The number of aliphatic hydroxyl groups is 1. The van der Waals surface area contributed by atoms with Crippen molar-refractivity contribution in [2.24, 2.45) is 0 Å². The van der Waals surface area contributed by atoms with Gasteiger partial charge in [-0.1, -0.05) is 18.2 Å². The molecule has 2 N–H and O–H groups in total. The third-order valence-corrected chi connectivity index (χ3v) is 6.78. The summed E-state index contributed by atoms with van der Waals surface area (Å²) < 4.78 is 21.9. The Morgan fingerprint density at radius 1 is 1.03 bits per heavy atom. The Labute approximate surface area is 213 Å². The van der Waals surface area contributed by atoms with E-state index in [1.807, 2.05) is 0 Å². The van der Waals surface area contributed by atoms with E-state index in [1.54, 1.807) is 36.4 Å². The first-order valence-electron chi connectivity index (χ1n) is 11.9. The lowest BCUT2D eigenvalue weighted by molar-refractivity contribution is -0.129. The van der Waals surface area contributed by atoms with Gasteiger partial charge >= 0.3 is 0 Å². The summed E-state index contributed by atoms with van der Waals surface area (Å²) in [5.74, 6) is -1.36. The van der Waals surface area contributed by atoms with E-state index in [0.29, 0.717) is 42.0 Å². The van der Waals surface area contributed by atoms with E-state index in [4.69, 9.17) is 18.6 Å². The van der Waals surface area contributed by atoms with E-state index in [-0.39, 0.29) is 29.4 Å². The number of aromatic hydroxyl groups is 1. The van der Waals surface area contributed by atoms with Crippen molar-refractivity contribution in [3.63, 3.8) is 0 Å². The molecule has 2 aromatic carbocycles. The molecular weight excluding hydrogens is 480 g/mol. The molecule has 1 amide bonds. The Morgan fingerprint density at radius 2 is 1.78 bits per heavy atom. The third kappa shape index (κ3) is 4.49. The van der Waals surface area contributed by atoms with Crippen molar-refractivity contribution in [3.8, 4) is 17.2 Å². The number of phenolic OH excluding ortho intramolecular Hbond substituents is 1. The van der Waals surface area contributed by atoms with Crippen LogP contribution < -0.4 is 9.47 Å². The Morgan fingerprint density at radius 3 is 2.51 bits per heavy atom. The molecule has 1 aromatic heterocycles. The molecule has 0 aliphatic carbocycles. The molecule has 2 aliphatic rings. The van der Waals surface area contributed by atoms with Crippen molar-refractivity contribution in [2.75, 3.05) is 53.6 Å². The average molecular weight is 509 g/mol. The molecule has 10 heteroatoms. The number of ether oxygens (including phenoxy) is 3. The number of hydrogen-bond donors (Lipinski definition) is 2. The van der Waals surface area contributed by atoms with Crippen LogP contribution in [0, 0.1) is 0 Å². The summed E-state index contributed by atoms with van der Waals surface area (Å²) in [5, 5.41) is 21.7. The number of rotatable bonds is 8. The Bertz CT molecular complexity index is 1370. The van der Waals surface area contributed by atoms with Crippen molar-refractivity contribution < 1.29 is 38.4 Å². The second-order valence-electron chi connectivity index (χ2n) is 8.87. The first-order valence-corrected chi connectivity index (χ1v) is 11.9. The second kappa shape index (κ2) is 10.2. The normalized spacial score (nSPS) is 18.6. The van der Waals surface area contributed by atoms with Gasteiger partial charge in [0.25, 0.3) is 5.91 Å². The van der Waals surface area contributed by atoms with E-state index in [1.165, 1.54) is 25.2 Å². The van der Waals surface area contributed by atoms with Gasteiger partial charge in [-0.05, 0) is 29.8 Å². The number of hydrogen-bond acceptors (Lipinski definition) is 9. The van der Waals surface area contributed by atoms with Gasteiger partial charge in [0, 0.05) is 31.6 Å². The predicted octanol–water partition coefficient (Wildman–Crippen LogP) is 3.07. The number of nitrogens with zero attached hydrogens (tertiary/aromatic N) is 2. The van der Waals surface area contributed by atoms with Gasteiger partial charge in [-0.2, -0.15) is 0 Å². The van der Waals surface area contributed by atoms with Crippen molar-refractivity contribution in [1.82, 2.24) is 9.80 Å². The zero-order valence-corrected chi connectivity index (χ0v) is 20.6. The minimum Gasteiger partial charge on any atom is -0.504 e. The minimum atomic E-state index is -0.911. The van der Waals surface area contributed by atoms with Crippen LogP contribution in [-0.4, -0.2) is 85.3 Å². The van der Waals surface area contributed by atoms with Crippen LogP contribution in [0.4, 0.5) is 0 Å². The number of para-hydroxylation sites is 1. The number of ketones is 1. The van der Waals surface area contributed by atoms with Gasteiger partial charge in [0.05, 0.1) is 39.0 Å². The fourth-order valence-electron chi connectivity index (χ4n) is 4.84. The number of Topliss-reactive ketones (excluding diaryl/α,β-unsaturated/α-hetero) is 1. The van der Waals surface area contributed by atoms with Crippen LogP contribution >= 0.6 is 0 Å². The van der Waals surface area contributed by atoms with Crippen LogP contribution in [0.2, 0.25) is 0 Å². The van der Waals surface area contributed by atoms with E-state index in [9.17, 15) is 19.8 Å². The molecular formula is C27H28N2O8. The van der Waals surface area contributed by atoms with Gasteiger partial charge in [0.1, 0.15) is 0 Å². The molecule has 1 atom stereocenters. The number of fused-ring (bicyclic) bond motifs is 1. The molecule has 0 radical (unpaired) electrons. The van der Waals surface area contributed by atoms with Crippen LogP contribution in [-0.2, 0) is 9.53 Å². The van der Waals surface area contributed by atoms with Crippen molar-refractivity contribution in [1.29, 1.82) is 0 Å². The monoisotopic (exact) mass is 508 g/mol.